The molecule has 0 saturated carbocycles. The zero-order valence-corrected chi connectivity index (χ0v) is 11.7. The minimum Gasteiger partial charge on any atom is -0.394 e. The topological polar surface area (TPSA) is 219 Å². The fourth-order valence-electron chi connectivity index (χ4n) is 1.07. The highest BCUT2D eigenvalue weighted by molar-refractivity contribution is 5.84. The van der Waals surface area contributed by atoms with Crippen molar-refractivity contribution in [3.63, 3.8) is 0 Å². The van der Waals surface area contributed by atoms with Gasteiger partial charge in [0, 0.05) is 0 Å². The van der Waals surface area contributed by atoms with Crippen LogP contribution < -0.4 is 0 Å². The fourth-order valence-corrected chi connectivity index (χ4v) is 1.07. The Kier molecular flexibility index (Phi) is 13.7. The maximum atomic E-state index is 10.5. The van der Waals surface area contributed by atoms with Gasteiger partial charge in [-0.1, -0.05) is 0 Å². The second-order valence-corrected chi connectivity index (χ2v) is 4.30. The normalized spacial score (nSPS) is 19.2. The summed E-state index contributed by atoms with van der Waals surface area (Å²) >= 11 is 0. The molecule has 0 aromatic rings. The number of ketones is 1. The van der Waals surface area contributed by atoms with Crippen LogP contribution in [0, 0.1) is 0 Å². The van der Waals surface area contributed by atoms with E-state index in [0.717, 1.165) is 0 Å². The Labute approximate surface area is 125 Å². The van der Waals surface area contributed by atoms with Crippen molar-refractivity contribution in [2.24, 2.45) is 0 Å². The van der Waals surface area contributed by atoms with Gasteiger partial charge in [0.2, 0.25) is 0 Å². The molecule has 22 heavy (non-hydrogen) atoms. The summed E-state index contributed by atoms with van der Waals surface area (Å²) in [7, 11) is 0. The van der Waals surface area contributed by atoms with Gasteiger partial charge in [-0.2, -0.15) is 0 Å². The van der Waals surface area contributed by atoms with Crippen molar-refractivity contribution in [1.82, 2.24) is 0 Å². The smallest absolute Gasteiger partial charge is 0.189 e. The zero-order valence-electron chi connectivity index (χ0n) is 11.7. The van der Waals surface area contributed by atoms with E-state index in [0.29, 0.717) is 0 Å². The number of carbonyl (C=O) groups excluding carboxylic acids is 1. The van der Waals surface area contributed by atoms with Gasteiger partial charge in [-0.3, -0.25) is 4.79 Å². The highest BCUT2D eigenvalue weighted by atomic mass is 16.4. The van der Waals surface area contributed by atoms with E-state index < -0.39 is 68.8 Å². The van der Waals surface area contributed by atoms with Gasteiger partial charge in [0.1, 0.15) is 43.2 Å². The molecule has 134 valence electrons. The molecule has 0 aromatic carbocycles. The second-order valence-electron chi connectivity index (χ2n) is 4.30. The van der Waals surface area contributed by atoms with E-state index in [4.69, 9.17) is 51.1 Å². The Balaban J connectivity index is 0. The summed E-state index contributed by atoms with van der Waals surface area (Å²) in [6.45, 7) is -2.97. The first-order chi connectivity index (χ1) is 10.2. The summed E-state index contributed by atoms with van der Waals surface area (Å²) in [5.74, 6) is -1.00. The van der Waals surface area contributed by atoms with Gasteiger partial charge in [-0.25, -0.2) is 0 Å². The SMILES string of the molecule is O=C(CO)[C@@H](O)[C@H](O)[C@H](O)CO.OC[C@@H](O)C(O)[C@@H](O)CO. The Morgan fingerprint density at radius 1 is 0.636 bits per heavy atom. The van der Waals surface area contributed by atoms with Crippen LogP contribution in [-0.2, 0) is 4.79 Å². The molecule has 0 radical (unpaired) electrons. The lowest BCUT2D eigenvalue weighted by molar-refractivity contribution is -0.142. The van der Waals surface area contributed by atoms with E-state index in [1.54, 1.807) is 0 Å². The molecule has 0 rings (SSSR count). The standard InChI is InChI=1S/C6H12O6.C5H12O5/c7-1-3(9)5(11)6(12)4(10)2-8;6-1-3(8)5(10)4(9)2-7/h3,5-9,11-12H,1-2H2;3-10H,1-2H2/t3-,5-,6-;3-,4+,5?/m1./s1. The Morgan fingerprint density at radius 2 is 0.955 bits per heavy atom. The molecule has 0 saturated heterocycles. The molecule has 11 heteroatoms. The monoisotopic (exact) mass is 332 g/mol. The number of rotatable bonds is 9. The van der Waals surface area contributed by atoms with Crippen molar-refractivity contribution in [3.05, 3.63) is 0 Å². The van der Waals surface area contributed by atoms with Gasteiger partial charge in [0.25, 0.3) is 0 Å². The first-order valence-electron chi connectivity index (χ1n) is 6.22. The summed E-state index contributed by atoms with van der Waals surface area (Å²) in [5, 5.41) is 85.6. The summed E-state index contributed by atoms with van der Waals surface area (Å²) in [5.41, 5.74) is 0. The minimum absolute atomic E-state index is 0.641. The van der Waals surface area contributed by atoms with Crippen LogP contribution in [0.25, 0.3) is 0 Å². The van der Waals surface area contributed by atoms with Crippen LogP contribution in [0.3, 0.4) is 0 Å². The quantitative estimate of drug-likeness (QED) is 0.191. The van der Waals surface area contributed by atoms with E-state index in [1.165, 1.54) is 0 Å². The van der Waals surface area contributed by atoms with Crippen LogP contribution >= 0.6 is 0 Å². The van der Waals surface area contributed by atoms with E-state index in [9.17, 15) is 4.79 Å². The average molecular weight is 332 g/mol. The Hall–Kier alpha value is -0.730. The molecule has 0 bridgehead atoms. The second kappa shape index (κ2) is 12.8. The zero-order chi connectivity index (χ0) is 17.9. The van der Waals surface area contributed by atoms with Gasteiger partial charge < -0.3 is 51.1 Å². The fraction of sp³-hybridized carbons (Fsp3) is 0.909. The first-order valence-corrected chi connectivity index (χ1v) is 6.22. The van der Waals surface area contributed by atoms with Crippen LogP contribution in [0.15, 0.2) is 0 Å². The number of Topliss-reactive ketones (excluding diaryl/α,β-unsaturated/α-hetero) is 1. The molecule has 0 fully saturated rings. The minimum atomic E-state index is -1.86. The Bertz CT molecular complexity index is 277. The van der Waals surface area contributed by atoms with Gasteiger partial charge in [-0.05, 0) is 0 Å². The molecule has 1 unspecified atom stereocenters. The van der Waals surface area contributed by atoms with Crippen molar-refractivity contribution < 1.29 is 55.9 Å². The molecule has 6 atom stereocenters. The first kappa shape index (κ1) is 23.5. The molecule has 0 aromatic heterocycles. The largest absolute Gasteiger partial charge is 0.394 e. The maximum Gasteiger partial charge on any atom is 0.189 e. The molecule has 0 heterocycles. The van der Waals surface area contributed by atoms with Crippen molar-refractivity contribution in [1.29, 1.82) is 0 Å². The van der Waals surface area contributed by atoms with E-state index >= 15 is 0 Å². The molecular formula is C11H24O11. The van der Waals surface area contributed by atoms with Crippen molar-refractivity contribution in [2.75, 3.05) is 26.4 Å². The van der Waals surface area contributed by atoms with Crippen LogP contribution in [-0.4, -0.2) is 120 Å². The van der Waals surface area contributed by atoms with E-state index in [2.05, 4.69) is 0 Å². The number of aliphatic hydroxyl groups is 10. The molecule has 10 N–H and O–H groups in total. The molecule has 0 aliphatic heterocycles. The highest BCUT2D eigenvalue weighted by Gasteiger charge is 2.28. The lowest BCUT2D eigenvalue weighted by Gasteiger charge is -2.19. The van der Waals surface area contributed by atoms with Crippen molar-refractivity contribution in [3.8, 4) is 0 Å². The third-order valence-corrected chi connectivity index (χ3v) is 2.55. The lowest BCUT2D eigenvalue weighted by Crippen LogP contribution is -2.44. The summed E-state index contributed by atoms with van der Waals surface area (Å²) in [6, 6.07) is 0. The number of hydrogen-bond acceptors (Lipinski definition) is 11. The molecule has 0 amide bonds. The van der Waals surface area contributed by atoms with E-state index in [-0.39, 0.29) is 0 Å². The summed E-state index contributed by atoms with van der Waals surface area (Å²) in [6.07, 6.45) is -9.51. The predicted octanol–water partition coefficient (Wildman–Crippen LogP) is -6.32. The number of hydrogen-bond donors (Lipinski definition) is 10. The molecular weight excluding hydrogens is 308 g/mol. The number of aliphatic hydroxyl groups excluding tert-OH is 10. The van der Waals surface area contributed by atoms with Gasteiger partial charge in [-0.15, -0.1) is 0 Å². The van der Waals surface area contributed by atoms with Crippen LogP contribution in [0.5, 0.6) is 0 Å². The summed E-state index contributed by atoms with van der Waals surface area (Å²) < 4.78 is 0. The van der Waals surface area contributed by atoms with Crippen LogP contribution in [0.1, 0.15) is 0 Å². The summed E-state index contributed by atoms with van der Waals surface area (Å²) in [4.78, 5) is 10.5. The van der Waals surface area contributed by atoms with Gasteiger partial charge in [0.15, 0.2) is 5.78 Å². The molecule has 0 spiro atoms. The predicted molar refractivity (Wildman–Crippen MR) is 69.4 cm³/mol. The van der Waals surface area contributed by atoms with Gasteiger partial charge >= 0.3 is 0 Å². The third kappa shape index (κ3) is 8.65. The van der Waals surface area contributed by atoms with E-state index in [1.807, 2.05) is 0 Å². The maximum absolute atomic E-state index is 10.5. The van der Waals surface area contributed by atoms with Crippen LogP contribution in [0.2, 0.25) is 0 Å². The van der Waals surface area contributed by atoms with Crippen molar-refractivity contribution >= 4 is 5.78 Å². The highest BCUT2D eigenvalue weighted by Crippen LogP contribution is 2.00. The van der Waals surface area contributed by atoms with Gasteiger partial charge in [0.05, 0.1) is 19.8 Å². The molecule has 0 aliphatic rings. The number of carbonyl (C=O) groups is 1. The Morgan fingerprint density at radius 3 is 1.23 bits per heavy atom. The average Bonchev–Trinajstić information content (AvgIpc) is 2.56. The van der Waals surface area contributed by atoms with Crippen molar-refractivity contribution in [2.45, 2.75) is 36.6 Å². The lowest BCUT2D eigenvalue weighted by atomic mass is 10.1. The van der Waals surface area contributed by atoms with Crippen LogP contribution in [0.4, 0.5) is 0 Å². The molecule has 0 aliphatic carbocycles. The third-order valence-electron chi connectivity index (χ3n) is 2.55. The molecule has 11 nitrogen and oxygen atoms in total.